The van der Waals surface area contributed by atoms with Gasteiger partial charge in [-0.25, -0.2) is 0 Å². The summed E-state index contributed by atoms with van der Waals surface area (Å²) in [5.41, 5.74) is 0.355. The molecule has 0 spiro atoms. The lowest BCUT2D eigenvalue weighted by atomic mass is 10.2. The molecule has 0 aliphatic carbocycles. The quantitative estimate of drug-likeness (QED) is 0.595. The molecule has 0 amide bonds. The van der Waals surface area contributed by atoms with Crippen LogP contribution in [0.5, 0.6) is 0 Å². The Morgan fingerprint density at radius 2 is 2.22 bits per heavy atom. The van der Waals surface area contributed by atoms with Gasteiger partial charge >= 0.3 is 6.18 Å². The molecule has 1 rings (SSSR count). The highest BCUT2D eigenvalue weighted by molar-refractivity contribution is 9.10. The zero-order chi connectivity index (χ0) is 13.8. The van der Waals surface area contributed by atoms with E-state index in [2.05, 4.69) is 25.8 Å². The summed E-state index contributed by atoms with van der Waals surface area (Å²) in [5, 5.41) is 3.95. The van der Waals surface area contributed by atoms with E-state index in [1.165, 1.54) is 10.9 Å². The van der Waals surface area contributed by atoms with Crippen LogP contribution < -0.4 is 0 Å². The number of alkyl halides is 3. The van der Waals surface area contributed by atoms with Crippen LogP contribution in [0.25, 0.3) is 0 Å². The number of ether oxygens (including phenoxy) is 1. The maximum Gasteiger partial charge on any atom is 0.411 e. The maximum absolute atomic E-state index is 11.8. The fourth-order valence-corrected chi connectivity index (χ4v) is 1.87. The molecule has 0 unspecified atom stereocenters. The van der Waals surface area contributed by atoms with Crippen LogP contribution >= 0.6 is 15.9 Å². The number of hydrogen-bond acceptors (Lipinski definition) is 3. The summed E-state index contributed by atoms with van der Waals surface area (Å²) in [4.78, 5) is 11.8. The molecule has 0 N–H and O–H groups in total. The molecule has 0 radical (unpaired) electrons. The van der Waals surface area contributed by atoms with Crippen LogP contribution in [0.15, 0.2) is 10.7 Å². The second-order valence-corrected chi connectivity index (χ2v) is 4.35. The Balaban J connectivity index is 2.48. The van der Waals surface area contributed by atoms with Crippen molar-refractivity contribution in [2.75, 3.05) is 13.2 Å². The SMILES string of the molecule is CCn1ncc(Br)c1C(=O)CCOCC(F)(F)F. The van der Waals surface area contributed by atoms with Gasteiger partial charge in [-0.1, -0.05) is 0 Å². The first-order valence-corrected chi connectivity index (χ1v) is 6.03. The number of halogens is 4. The monoisotopic (exact) mass is 328 g/mol. The smallest absolute Gasteiger partial charge is 0.372 e. The molecule has 1 aromatic heterocycles. The molecule has 0 aromatic carbocycles. The number of rotatable bonds is 6. The number of ketones is 1. The van der Waals surface area contributed by atoms with Gasteiger partial charge in [0.05, 0.1) is 17.3 Å². The molecule has 0 saturated carbocycles. The van der Waals surface area contributed by atoms with Crippen LogP contribution in [0.3, 0.4) is 0 Å². The number of Topliss-reactive ketones (excluding diaryl/α,β-unsaturated/α-hetero) is 1. The zero-order valence-electron chi connectivity index (χ0n) is 9.63. The number of aromatic nitrogens is 2. The van der Waals surface area contributed by atoms with Gasteiger partial charge in [0.1, 0.15) is 12.3 Å². The summed E-state index contributed by atoms with van der Waals surface area (Å²) in [6.45, 7) is 0.723. The molecule has 4 nitrogen and oxygen atoms in total. The lowest BCUT2D eigenvalue weighted by Crippen LogP contribution is -2.19. The van der Waals surface area contributed by atoms with E-state index >= 15 is 0 Å². The average Bonchev–Trinajstić information content (AvgIpc) is 2.64. The van der Waals surface area contributed by atoms with Crippen molar-refractivity contribution in [3.05, 3.63) is 16.4 Å². The topological polar surface area (TPSA) is 44.1 Å². The molecule has 1 aromatic rings. The molecular weight excluding hydrogens is 317 g/mol. The molecule has 0 aliphatic rings. The number of carbonyl (C=O) groups excluding carboxylic acids is 1. The number of aryl methyl sites for hydroxylation is 1. The normalized spacial score (nSPS) is 11.8. The third kappa shape index (κ3) is 4.41. The summed E-state index contributed by atoms with van der Waals surface area (Å²) in [5.74, 6) is -0.302. The minimum absolute atomic E-state index is 0.111. The van der Waals surface area contributed by atoms with Gasteiger partial charge in [0.25, 0.3) is 0 Å². The van der Waals surface area contributed by atoms with E-state index in [1.54, 1.807) is 0 Å². The van der Waals surface area contributed by atoms with Crippen LogP contribution in [0.2, 0.25) is 0 Å². The molecule has 0 atom stereocenters. The lowest BCUT2D eigenvalue weighted by Gasteiger charge is -2.08. The maximum atomic E-state index is 11.8. The molecule has 1 heterocycles. The van der Waals surface area contributed by atoms with Crippen LogP contribution in [0.1, 0.15) is 23.8 Å². The van der Waals surface area contributed by atoms with Gasteiger partial charge in [-0.3, -0.25) is 9.48 Å². The minimum Gasteiger partial charge on any atom is -0.372 e. The van der Waals surface area contributed by atoms with Crippen molar-refractivity contribution in [1.82, 2.24) is 9.78 Å². The number of nitrogens with zero attached hydrogens (tertiary/aromatic N) is 2. The largest absolute Gasteiger partial charge is 0.411 e. The van der Waals surface area contributed by atoms with Crippen molar-refractivity contribution in [3.63, 3.8) is 0 Å². The van der Waals surface area contributed by atoms with Crippen molar-refractivity contribution < 1.29 is 22.7 Å². The summed E-state index contributed by atoms with van der Waals surface area (Å²) < 4.78 is 41.8. The number of hydrogen-bond donors (Lipinski definition) is 0. The van der Waals surface area contributed by atoms with E-state index in [0.29, 0.717) is 16.7 Å². The van der Waals surface area contributed by atoms with Gasteiger partial charge in [-0.05, 0) is 22.9 Å². The van der Waals surface area contributed by atoms with Crippen LogP contribution in [0.4, 0.5) is 13.2 Å². The summed E-state index contributed by atoms with van der Waals surface area (Å²) in [7, 11) is 0. The van der Waals surface area contributed by atoms with Crippen molar-refractivity contribution in [1.29, 1.82) is 0 Å². The Labute approximate surface area is 110 Å². The Morgan fingerprint density at radius 3 is 2.78 bits per heavy atom. The highest BCUT2D eigenvalue weighted by atomic mass is 79.9. The lowest BCUT2D eigenvalue weighted by molar-refractivity contribution is -0.173. The predicted molar refractivity (Wildman–Crippen MR) is 61.4 cm³/mol. The molecule has 0 aliphatic heterocycles. The molecule has 18 heavy (non-hydrogen) atoms. The van der Waals surface area contributed by atoms with Crippen molar-refractivity contribution >= 4 is 21.7 Å². The van der Waals surface area contributed by atoms with Gasteiger partial charge in [-0.15, -0.1) is 0 Å². The van der Waals surface area contributed by atoms with Gasteiger partial charge in [0.15, 0.2) is 5.78 Å². The predicted octanol–water partition coefficient (Wildman–Crippen LogP) is 2.82. The summed E-state index contributed by atoms with van der Waals surface area (Å²) >= 11 is 3.17. The van der Waals surface area contributed by atoms with Crippen LogP contribution in [-0.2, 0) is 11.3 Å². The van der Waals surface area contributed by atoms with Crippen molar-refractivity contribution in [2.45, 2.75) is 26.1 Å². The minimum atomic E-state index is -4.37. The first-order valence-electron chi connectivity index (χ1n) is 5.24. The molecular formula is C10H12BrF3N2O2. The Hall–Kier alpha value is -0.890. The van der Waals surface area contributed by atoms with E-state index < -0.39 is 12.8 Å². The van der Waals surface area contributed by atoms with Gasteiger partial charge in [0.2, 0.25) is 0 Å². The van der Waals surface area contributed by atoms with Crippen molar-refractivity contribution in [2.24, 2.45) is 0 Å². The Kier molecular flexibility index (Phi) is 5.33. The Bertz CT molecular complexity index is 418. The molecule has 8 heteroatoms. The highest BCUT2D eigenvalue weighted by Gasteiger charge is 2.27. The summed E-state index contributed by atoms with van der Waals surface area (Å²) in [6.07, 6.45) is -3.00. The average molecular weight is 329 g/mol. The summed E-state index contributed by atoms with van der Waals surface area (Å²) in [6, 6.07) is 0. The fraction of sp³-hybridized carbons (Fsp3) is 0.600. The first kappa shape index (κ1) is 15.2. The third-order valence-electron chi connectivity index (χ3n) is 2.10. The molecule has 0 saturated heterocycles. The second kappa shape index (κ2) is 6.33. The fourth-order valence-electron chi connectivity index (χ4n) is 1.35. The molecule has 102 valence electrons. The van der Waals surface area contributed by atoms with Gasteiger partial charge in [-0.2, -0.15) is 18.3 Å². The molecule has 0 fully saturated rings. The van der Waals surface area contributed by atoms with Crippen molar-refractivity contribution in [3.8, 4) is 0 Å². The Morgan fingerprint density at radius 1 is 1.56 bits per heavy atom. The second-order valence-electron chi connectivity index (χ2n) is 3.50. The van der Waals surface area contributed by atoms with Gasteiger partial charge < -0.3 is 4.74 Å². The number of carbonyl (C=O) groups is 1. The standard InChI is InChI=1S/C10H12BrF3N2O2/c1-2-16-9(7(11)5-15-16)8(17)3-4-18-6-10(12,13)14/h5H,2-4,6H2,1H3. The van der Waals surface area contributed by atoms with Crippen LogP contribution in [0, 0.1) is 0 Å². The third-order valence-corrected chi connectivity index (χ3v) is 2.68. The van der Waals surface area contributed by atoms with E-state index in [1.807, 2.05) is 6.92 Å². The van der Waals surface area contributed by atoms with Gasteiger partial charge in [0, 0.05) is 13.0 Å². The first-order chi connectivity index (χ1) is 8.35. The van der Waals surface area contributed by atoms with E-state index in [-0.39, 0.29) is 18.8 Å². The van der Waals surface area contributed by atoms with E-state index in [9.17, 15) is 18.0 Å². The zero-order valence-corrected chi connectivity index (χ0v) is 11.2. The van der Waals surface area contributed by atoms with E-state index in [0.717, 1.165) is 0 Å². The van der Waals surface area contributed by atoms with Crippen LogP contribution in [-0.4, -0.2) is 35.0 Å². The highest BCUT2D eigenvalue weighted by Crippen LogP contribution is 2.18. The molecule has 0 bridgehead atoms. The van der Waals surface area contributed by atoms with E-state index in [4.69, 9.17) is 0 Å².